The summed E-state index contributed by atoms with van der Waals surface area (Å²) in [4.78, 5) is 11.3. The predicted octanol–water partition coefficient (Wildman–Crippen LogP) is 5.32. The van der Waals surface area contributed by atoms with Crippen LogP contribution < -0.4 is 4.74 Å². The first-order valence-electron chi connectivity index (χ1n) is 5.86. The molecule has 0 bridgehead atoms. The lowest BCUT2D eigenvalue weighted by atomic mass is 10.1. The number of aryl methyl sites for hydroxylation is 2. The maximum Gasteiger partial charge on any atom is 0.340 e. The number of ether oxygens (including phenoxy) is 1. The molecule has 0 aromatic heterocycles. The number of carbonyl (C=O) groups is 1. The summed E-state index contributed by atoms with van der Waals surface area (Å²) < 4.78 is 7.26. The molecule has 0 fully saturated rings. The average molecular weight is 400 g/mol. The molecule has 0 aliphatic heterocycles. The minimum atomic E-state index is -1.03. The quantitative estimate of drug-likeness (QED) is 0.759. The first kappa shape index (κ1) is 15.1. The number of benzene rings is 2. The fourth-order valence-corrected chi connectivity index (χ4v) is 2.64. The molecule has 2 rings (SSSR count). The predicted molar refractivity (Wildman–Crippen MR) is 84.8 cm³/mol. The van der Waals surface area contributed by atoms with Crippen molar-refractivity contribution in [1.29, 1.82) is 0 Å². The molecule has 0 saturated heterocycles. The number of rotatable bonds is 3. The normalized spacial score (nSPS) is 10.4. The summed E-state index contributed by atoms with van der Waals surface area (Å²) in [6.07, 6.45) is 0. The number of carboxylic acids is 1. The zero-order valence-electron chi connectivity index (χ0n) is 10.9. The van der Waals surface area contributed by atoms with Crippen LogP contribution in [-0.4, -0.2) is 11.1 Å². The Morgan fingerprint density at radius 1 is 1.15 bits per heavy atom. The molecule has 1 N–H and O–H groups in total. The molecule has 5 heteroatoms. The van der Waals surface area contributed by atoms with E-state index in [9.17, 15) is 9.90 Å². The van der Waals surface area contributed by atoms with E-state index in [1.54, 1.807) is 18.2 Å². The third kappa shape index (κ3) is 3.04. The number of carboxylic acid groups (broad SMARTS) is 1. The molecule has 0 aliphatic carbocycles. The molecule has 2 aromatic rings. The van der Waals surface area contributed by atoms with Crippen LogP contribution in [0.4, 0.5) is 0 Å². The Bertz CT molecular complexity index is 658. The van der Waals surface area contributed by atoms with Crippen LogP contribution in [0.3, 0.4) is 0 Å². The van der Waals surface area contributed by atoms with Gasteiger partial charge in [-0.25, -0.2) is 4.79 Å². The van der Waals surface area contributed by atoms with Crippen molar-refractivity contribution in [3.8, 4) is 11.5 Å². The zero-order valence-corrected chi connectivity index (χ0v) is 14.1. The fraction of sp³-hybridized carbons (Fsp3) is 0.133. The van der Waals surface area contributed by atoms with Gasteiger partial charge < -0.3 is 9.84 Å². The van der Waals surface area contributed by atoms with E-state index in [0.29, 0.717) is 16.0 Å². The Hall–Kier alpha value is -1.33. The minimum absolute atomic E-state index is 0.116. The molecule has 0 radical (unpaired) electrons. The van der Waals surface area contributed by atoms with E-state index < -0.39 is 5.97 Å². The maximum absolute atomic E-state index is 11.3. The average Bonchev–Trinajstić information content (AvgIpc) is 2.35. The Balaban J connectivity index is 2.45. The molecule has 20 heavy (non-hydrogen) atoms. The standard InChI is InChI=1S/C15H12Br2O3/c1-8-6-10(7-9(2)14(8)17)20-12-5-3-4-11(16)13(12)15(18)19/h3-7H,1-2H3,(H,18,19). The van der Waals surface area contributed by atoms with Gasteiger partial charge in [0.2, 0.25) is 0 Å². The number of hydrogen-bond acceptors (Lipinski definition) is 2. The molecule has 3 nitrogen and oxygen atoms in total. The number of hydrogen-bond donors (Lipinski definition) is 1. The van der Waals surface area contributed by atoms with Crippen molar-refractivity contribution in [1.82, 2.24) is 0 Å². The molecule has 0 amide bonds. The van der Waals surface area contributed by atoms with E-state index in [4.69, 9.17) is 4.74 Å². The molecule has 104 valence electrons. The zero-order chi connectivity index (χ0) is 14.9. The molecule has 0 unspecified atom stereocenters. The van der Waals surface area contributed by atoms with Crippen molar-refractivity contribution < 1.29 is 14.6 Å². The smallest absolute Gasteiger partial charge is 0.340 e. The van der Waals surface area contributed by atoms with Gasteiger partial charge in [-0.1, -0.05) is 22.0 Å². The molecule has 2 aromatic carbocycles. The molecule has 0 saturated carbocycles. The van der Waals surface area contributed by atoms with Crippen molar-refractivity contribution in [2.24, 2.45) is 0 Å². The summed E-state index contributed by atoms with van der Waals surface area (Å²) in [5, 5.41) is 9.26. The van der Waals surface area contributed by atoms with E-state index in [-0.39, 0.29) is 5.56 Å². The van der Waals surface area contributed by atoms with Crippen LogP contribution in [0.1, 0.15) is 21.5 Å². The Kier molecular flexibility index (Phi) is 4.50. The Morgan fingerprint density at radius 3 is 2.30 bits per heavy atom. The van der Waals surface area contributed by atoms with Gasteiger partial charge in [0.15, 0.2) is 0 Å². The summed E-state index contributed by atoms with van der Waals surface area (Å²) in [7, 11) is 0. The van der Waals surface area contributed by atoms with Crippen molar-refractivity contribution in [3.63, 3.8) is 0 Å². The number of halogens is 2. The van der Waals surface area contributed by atoms with Crippen molar-refractivity contribution in [3.05, 3.63) is 56.0 Å². The van der Waals surface area contributed by atoms with Crippen molar-refractivity contribution in [2.45, 2.75) is 13.8 Å². The SMILES string of the molecule is Cc1cc(Oc2cccc(Br)c2C(=O)O)cc(C)c1Br. The van der Waals surface area contributed by atoms with Gasteiger partial charge >= 0.3 is 5.97 Å². The van der Waals surface area contributed by atoms with Gasteiger partial charge in [-0.05, 0) is 65.2 Å². The fourth-order valence-electron chi connectivity index (χ4n) is 1.89. The van der Waals surface area contributed by atoms with Crippen LogP contribution >= 0.6 is 31.9 Å². The minimum Gasteiger partial charge on any atom is -0.478 e. The second-order valence-corrected chi connectivity index (χ2v) is 6.04. The van der Waals surface area contributed by atoms with Crippen LogP contribution in [0.2, 0.25) is 0 Å². The summed E-state index contributed by atoms with van der Waals surface area (Å²) in [6.45, 7) is 3.92. The molecule has 0 heterocycles. The van der Waals surface area contributed by atoms with E-state index in [1.807, 2.05) is 26.0 Å². The van der Waals surface area contributed by atoms with Gasteiger partial charge in [0.05, 0.1) is 0 Å². The van der Waals surface area contributed by atoms with Crippen LogP contribution in [0.25, 0.3) is 0 Å². The summed E-state index contributed by atoms with van der Waals surface area (Å²) in [5.74, 6) is -0.102. The van der Waals surface area contributed by atoms with Gasteiger partial charge in [0.1, 0.15) is 17.1 Å². The highest BCUT2D eigenvalue weighted by molar-refractivity contribution is 9.10. The second kappa shape index (κ2) is 5.97. The van der Waals surface area contributed by atoms with Crippen LogP contribution in [0.5, 0.6) is 11.5 Å². The van der Waals surface area contributed by atoms with Gasteiger partial charge in [0, 0.05) is 8.95 Å². The molecular formula is C15H12Br2O3. The van der Waals surface area contributed by atoms with Gasteiger partial charge in [-0.15, -0.1) is 0 Å². The number of aromatic carboxylic acids is 1. The molecule has 0 aliphatic rings. The van der Waals surface area contributed by atoms with E-state index in [0.717, 1.165) is 15.6 Å². The Morgan fingerprint density at radius 2 is 1.75 bits per heavy atom. The summed E-state index contributed by atoms with van der Waals surface area (Å²) in [6, 6.07) is 8.78. The summed E-state index contributed by atoms with van der Waals surface area (Å²) in [5.41, 5.74) is 2.18. The van der Waals surface area contributed by atoms with Gasteiger partial charge in [-0.2, -0.15) is 0 Å². The monoisotopic (exact) mass is 398 g/mol. The topological polar surface area (TPSA) is 46.5 Å². The molecular weight excluding hydrogens is 388 g/mol. The molecule has 0 spiro atoms. The van der Waals surface area contributed by atoms with Crippen molar-refractivity contribution >= 4 is 37.8 Å². The third-order valence-corrected chi connectivity index (χ3v) is 4.74. The van der Waals surface area contributed by atoms with Crippen LogP contribution in [0, 0.1) is 13.8 Å². The highest BCUT2D eigenvalue weighted by Gasteiger charge is 2.16. The van der Waals surface area contributed by atoms with Crippen LogP contribution in [-0.2, 0) is 0 Å². The van der Waals surface area contributed by atoms with Crippen LogP contribution in [0.15, 0.2) is 39.3 Å². The maximum atomic E-state index is 11.3. The lowest BCUT2D eigenvalue weighted by molar-refractivity contribution is 0.0693. The lowest BCUT2D eigenvalue weighted by Crippen LogP contribution is -2.01. The second-order valence-electron chi connectivity index (χ2n) is 4.39. The van der Waals surface area contributed by atoms with E-state index >= 15 is 0 Å². The highest BCUT2D eigenvalue weighted by atomic mass is 79.9. The van der Waals surface area contributed by atoms with Crippen molar-refractivity contribution in [2.75, 3.05) is 0 Å². The highest BCUT2D eigenvalue weighted by Crippen LogP contribution is 2.33. The van der Waals surface area contributed by atoms with Gasteiger partial charge in [0.25, 0.3) is 0 Å². The lowest BCUT2D eigenvalue weighted by Gasteiger charge is -2.12. The first-order chi connectivity index (χ1) is 9.40. The largest absolute Gasteiger partial charge is 0.478 e. The Labute approximate surface area is 133 Å². The summed E-state index contributed by atoms with van der Waals surface area (Å²) >= 11 is 6.72. The third-order valence-electron chi connectivity index (χ3n) is 2.83. The van der Waals surface area contributed by atoms with E-state index in [1.165, 1.54) is 0 Å². The van der Waals surface area contributed by atoms with E-state index in [2.05, 4.69) is 31.9 Å². The molecule has 0 atom stereocenters. The van der Waals surface area contributed by atoms with Gasteiger partial charge in [-0.3, -0.25) is 0 Å². The first-order valence-corrected chi connectivity index (χ1v) is 7.45.